The van der Waals surface area contributed by atoms with Crippen LogP contribution in [0.4, 0.5) is 9.52 Å². The molecule has 4 rings (SSSR count). The lowest BCUT2D eigenvalue weighted by molar-refractivity contribution is 0.628. The van der Waals surface area contributed by atoms with E-state index in [1.54, 1.807) is 46.6 Å². The number of hydrogen-bond donors (Lipinski definition) is 1. The van der Waals surface area contributed by atoms with Crippen molar-refractivity contribution in [2.45, 2.75) is 29.0 Å². The third-order valence-corrected chi connectivity index (χ3v) is 6.26. The van der Waals surface area contributed by atoms with E-state index in [0.29, 0.717) is 6.04 Å². The summed E-state index contributed by atoms with van der Waals surface area (Å²) in [6.45, 7) is 0. The highest BCUT2D eigenvalue weighted by Gasteiger charge is 2.22. The van der Waals surface area contributed by atoms with Crippen LogP contribution in [-0.4, -0.2) is 21.2 Å². The topological polar surface area (TPSA) is 50.7 Å². The first-order chi connectivity index (χ1) is 11.3. The Labute approximate surface area is 145 Å². The van der Waals surface area contributed by atoms with Gasteiger partial charge in [-0.15, -0.1) is 21.5 Å². The number of halogens is 1. The van der Waals surface area contributed by atoms with Crippen LogP contribution in [0.2, 0.25) is 0 Å². The maximum absolute atomic E-state index is 13.0. The standard InChI is InChI=1S/C15H13FN4S3/c16-10-3-1-9(2-4-10)13-17-12(7-21-13)8-22-15-20-19-14(23-15)18-11-5-6-11/h1-4,7,11H,5-6,8H2,(H,18,19). The summed E-state index contributed by atoms with van der Waals surface area (Å²) in [7, 11) is 0. The summed E-state index contributed by atoms with van der Waals surface area (Å²) in [6.07, 6.45) is 2.46. The minimum absolute atomic E-state index is 0.229. The van der Waals surface area contributed by atoms with E-state index in [9.17, 15) is 4.39 Å². The molecule has 0 radical (unpaired) electrons. The van der Waals surface area contributed by atoms with E-state index in [-0.39, 0.29) is 5.82 Å². The van der Waals surface area contributed by atoms with Crippen molar-refractivity contribution in [3.05, 3.63) is 41.2 Å². The molecule has 0 saturated heterocycles. The van der Waals surface area contributed by atoms with Crippen LogP contribution < -0.4 is 5.32 Å². The Balaban J connectivity index is 1.37. The van der Waals surface area contributed by atoms with E-state index in [1.165, 1.54) is 25.0 Å². The van der Waals surface area contributed by atoms with Gasteiger partial charge in [0.15, 0.2) is 4.34 Å². The largest absolute Gasteiger partial charge is 0.357 e. The molecule has 3 aromatic rings. The van der Waals surface area contributed by atoms with Gasteiger partial charge < -0.3 is 5.32 Å². The Bertz CT molecular complexity index is 795. The molecule has 1 aliphatic rings. The summed E-state index contributed by atoms with van der Waals surface area (Å²) in [5.74, 6) is 0.531. The fraction of sp³-hybridized carbons (Fsp3) is 0.267. The molecule has 1 saturated carbocycles. The molecule has 118 valence electrons. The summed E-state index contributed by atoms with van der Waals surface area (Å²) in [6, 6.07) is 7.02. The van der Waals surface area contributed by atoms with Crippen LogP contribution in [0.1, 0.15) is 18.5 Å². The van der Waals surface area contributed by atoms with Gasteiger partial charge in [0.25, 0.3) is 0 Å². The van der Waals surface area contributed by atoms with Gasteiger partial charge in [-0.2, -0.15) is 0 Å². The molecule has 2 heterocycles. The van der Waals surface area contributed by atoms with E-state index >= 15 is 0 Å². The molecular formula is C15H13FN4S3. The zero-order valence-corrected chi connectivity index (χ0v) is 14.5. The maximum atomic E-state index is 13.0. The lowest BCUT2D eigenvalue weighted by Crippen LogP contribution is -1.99. The number of anilines is 1. The van der Waals surface area contributed by atoms with Crippen LogP contribution >= 0.6 is 34.4 Å². The molecule has 8 heteroatoms. The molecule has 2 aromatic heterocycles. The van der Waals surface area contributed by atoms with E-state index in [0.717, 1.165) is 31.5 Å². The second kappa shape index (κ2) is 6.54. The third-order valence-electron chi connectivity index (χ3n) is 3.30. The first-order valence-corrected chi connectivity index (χ1v) is 9.87. The average Bonchev–Trinajstić information content (AvgIpc) is 3.07. The van der Waals surface area contributed by atoms with Gasteiger partial charge in [-0.1, -0.05) is 23.1 Å². The molecule has 0 spiro atoms. The van der Waals surface area contributed by atoms with Gasteiger partial charge in [-0.25, -0.2) is 9.37 Å². The third kappa shape index (κ3) is 3.88. The maximum Gasteiger partial charge on any atom is 0.206 e. The van der Waals surface area contributed by atoms with Gasteiger partial charge in [-0.3, -0.25) is 0 Å². The number of nitrogens with one attached hydrogen (secondary N) is 1. The van der Waals surface area contributed by atoms with Crippen molar-refractivity contribution in [2.75, 3.05) is 5.32 Å². The number of thioether (sulfide) groups is 1. The molecule has 1 N–H and O–H groups in total. The Hall–Kier alpha value is -1.51. The van der Waals surface area contributed by atoms with E-state index < -0.39 is 0 Å². The second-order valence-electron chi connectivity index (χ2n) is 5.23. The zero-order valence-electron chi connectivity index (χ0n) is 12.0. The molecule has 4 nitrogen and oxygen atoms in total. The number of nitrogens with zero attached hydrogens (tertiary/aromatic N) is 3. The summed E-state index contributed by atoms with van der Waals surface area (Å²) in [5.41, 5.74) is 1.95. The fourth-order valence-corrected chi connectivity index (χ4v) is 4.62. The molecule has 1 aliphatic carbocycles. The highest BCUT2D eigenvalue weighted by Crippen LogP contribution is 2.32. The van der Waals surface area contributed by atoms with Gasteiger partial charge in [-0.05, 0) is 37.1 Å². The normalized spacial score (nSPS) is 14.1. The summed E-state index contributed by atoms with van der Waals surface area (Å²) in [4.78, 5) is 4.61. The molecular weight excluding hydrogens is 351 g/mol. The van der Waals surface area contributed by atoms with E-state index in [1.807, 2.05) is 5.38 Å². The Kier molecular flexibility index (Phi) is 4.28. The quantitative estimate of drug-likeness (QED) is 0.644. The zero-order chi connectivity index (χ0) is 15.6. The smallest absolute Gasteiger partial charge is 0.206 e. The minimum Gasteiger partial charge on any atom is -0.357 e. The first-order valence-electron chi connectivity index (χ1n) is 7.19. The van der Waals surface area contributed by atoms with Gasteiger partial charge in [0, 0.05) is 22.7 Å². The number of aromatic nitrogens is 3. The molecule has 0 unspecified atom stereocenters. The van der Waals surface area contributed by atoms with E-state index in [4.69, 9.17) is 0 Å². The molecule has 0 aliphatic heterocycles. The number of benzene rings is 1. The fourth-order valence-electron chi connectivity index (χ4n) is 1.96. The highest BCUT2D eigenvalue weighted by molar-refractivity contribution is 8.00. The van der Waals surface area contributed by atoms with Gasteiger partial charge in [0.05, 0.1) is 5.69 Å². The number of rotatable bonds is 6. The van der Waals surface area contributed by atoms with Crippen molar-refractivity contribution in [2.24, 2.45) is 0 Å². The van der Waals surface area contributed by atoms with Crippen molar-refractivity contribution in [1.29, 1.82) is 0 Å². The van der Waals surface area contributed by atoms with Gasteiger partial charge >= 0.3 is 0 Å². The predicted molar refractivity (Wildman–Crippen MR) is 93.6 cm³/mol. The number of hydrogen-bond acceptors (Lipinski definition) is 7. The summed E-state index contributed by atoms with van der Waals surface area (Å²) >= 11 is 4.80. The van der Waals surface area contributed by atoms with Crippen molar-refractivity contribution in [3.63, 3.8) is 0 Å². The van der Waals surface area contributed by atoms with Crippen LogP contribution in [0, 0.1) is 5.82 Å². The predicted octanol–water partition coefficient (Wildman–Crippen LogP) is 4.67. The van der Waals surface area contributed by atoms with Crippen LogP contribution in [-0.2, 0) is 5.75 Å². The number of thiazole rings is 1. The van der Waals surface area contributed by atoms with E-state index in [2.05, 4.69) is 20.5 Å². The van der Waals surface area contributed by atoms with Crippen molar-refractivity contribution in [3.8, 4) is 10.6 Å². The monoisotopic (exact) mass is 364 g/mol. The van der Waals surface area contributed by atoms with Gasteiger partial charge in [0.1, 0.15) is 10.8 Å². The minimum atomic E-state index is -0.229. The van der Waals surface area contributed by atoms with Crippen LogP contribution in [0.15, 0.2) is 34.0 Å². The molecule has 1 aromatic carbocycles. The second-order valence-corrected chi connectivity index (χ2v) is 8.29. The molecule has 0 atom stereocenters. The van der Waals surface area contributed by atoms with Crippen LogP contribution in [0.3, 0.4) is 0 Å². The first kappa shape index (κ1) is 15.0. The van der Waals surface area contributed by atoms with Crippen molar-refractivity contribution >= 4 is 39.6 Å². The summed E-state index contributed by atoms with van der Waals surface area (Å²) < 4.78 is 13.9. The molecule has 1 fully saturated rings. The van der Waals surface area contributed by atoms with Gasteiger partial charge in [0.2, 0.25) is 5.13 Å². The average molecular weight is 364 g/mol. The SMILES string of the molecule is Fc1ccc(-c2nc(CSc3nnc(NC4CC4)s3)cs2)cc1. The lowest BCUT2D eigenvalue weighted by Gasteiger charge is -1.96. The molecule has 0 bridgehead atoms. The highest BCUT2D eigenvalue weighted by atomic mass is 32.2. The van der Waals surface area contributed by atoms with Crippen molar-refractivity contribution < 1.29 is 4.39 Å². The lowest BCUT2D eigenvalue weighted by atomic mass is 10.2. The van der Waals surface area contributed by atoms with Crippen LogP contribution in [0.25, 0.3) is 10.6 Å². The Morgan fingerprint density at radius 1 is 1.22 bits per heavy atom. The van der Waals surface area contributed by atoms with Crippen molar-refractivity contribution in [1.82, 2.24) is 15.2 Å². The Morgan fingerprint density at radius 2 is 2.04 bits per heavy atom. The molecule has 23 heavy (non-hydrogen) atoms. The van der Waals surface area contributed by atoms with Crippen LogP contribution in [0.5, 0.6) is 0 Å². The Morgan fingerprint density at radius 3 is 2.83 bits per heavy atom. The molecule has 0 amide bonds. The summed E-state index contributed by atoms with van der Waals surface area (Å²) in [5, 5.41) is 15.5.